The van der Waals surface area contributed by atoms with E-state index in [0.717, 1.165) is 23.7 Å². The van der Waals surface area contributed by atoms with Crippen LogP contribution in [0.3, 0.4) is 0 Å². The fourth-order valence-corrected chi connectivity index (χ4v) is 5.14. The molecule has 0 heteroatoms. The van der Waals surface area contributed by atoms with Crippen LogP contribution >= 0.6 is 0 Å². The third-order valence-electron chi connectivity index (χ3n) is 5.60. The van der Waals surface area contributed by atoms with Crippen LogP contribution in [-0.4, -0.2) is 0 Å². The Hall–Kier alpha value is 0. The lowest BCUT2D eigenvalue weighted by molar-refractivity contribution is 0.0438. The molecule has 0 aromatic heterocycles. The van der Waals surface area contributed by atoms with Crippen LogP contribution in [0.2, 0.25) is 0 Å². The number of hydrogen-bond acceptors (Lipinski definition) is 0. The predicted molar refractivity (Wildman–Crippen MR) is 60.0 cm³/mol. The third-order valence-corrected chi connectivity index (χ3v) is 5.60. The van der Waals surface area contributed by atoms with E-state index in [0.29, 0.717) is 0 Å². The standard InChI is InChI=1S/C14H24/c1-3-4-10-7-12-8-11-6-5-9(2)13(11)14(10)12/h9-14H,3-8H2,1-2H3. The summed E-state index contributed by atoms with van der Waals surface area (Å²) in [6, 6.07) is 0. The van der Waals surface area contributed by atoms with E-state index in [-0.39, 0.29) is 0 Å². The highest BCUT2D eigenvalue weighted by atomic mass is 14.6. The van der Waals surface area contributed by atoms with Crippen molar-refractivity contribution < 1.29 is 0 Å². The topological polar surface area (TPSA) is 0 Å². The van der Waals surface area contributed by atoms with Gasteiger partial charge in [-0.25, -0.2) is 0 Å². The van der Waals surface area contributed by atoms with E-state index in [9.17, 15) is 0 Å². The minimum absolute atomic E-state index is 1.06. The summed E-state index contributed by atoms with van der Waals surface area (Å²) in [5, 5.41) is 0. The van der Waals surface area contributed by atoms with Crippen molar-refractivity contribution in [2.75, 3.05) is 0 Å². The molecule has 3 fully saturated rings. The number of hydrogen-bond donors (Lipinski definition) is 0. The molecule has 80 valence electrons. The Kier molecular flexibility index (Phi) is 2.15. The Bertz CT molecular complexity index is 220. The van der Waals surface area contributed by atoms with E-state index in [1.54, 1.807) is 19.3 Å². The summed E-state index contributed by atoms with van der Waals surface area (Å²) >= 11 is 0. The van der Waals surface area contributed by atoms with Crippen LogP contribution in [0.25, 0.3) is 0 Å². The summed E-state index contributed by atoms with van der Waals surface area (Å²) in [5.74, 6) is 6.86. The Morgan fingerprint density at radius 1 is 1.00 bits per heavy atom. The molecule has 0 radical (unpaired) electrons. The molecule has 3 aliphatic carbocycles. The van der Waals surface area contributed by atoms with Crippen LogP contribution < -0.4 is 0 Å². The largest absolute Gasteiger partial charge is 0.0654 e. The molecular formula is C14H24. The third kappa shape index (κ3) is 1.12. The van der Waals surface area contributed by atoms with Crippen molar-refractivity contribution in [2.24, 2.45) is 35.5 Å². The van der Waals surface area contributed by atoms with Crippen LogP contribution in [0, 0.1) is 35.5 Å². The molecule has 3 saturated carbocycles. The maximum atomic E-state index is 2.52. The SMILES string of the molecule is CCCC1CC2CC3CCC(C)C3C12. The summed E-state index contributed by atoms with van der Waals surface area (Å²) in [4.78, 5) is 0. The highest BCUT2D eigenvalue weighted by Crippen LogP contribution is 2.63. The molecule has 0 aromatic carbocycles. The van der Waals surface area contributed by atoms with Gasteiger partial charge in [-0.05, 0) is 54.8 Å². The van der Waals surface area contributed by atoms with E-state index < -0.39 is 0 Å². The van der Waals surface area contributed by atoms with Gasteiger partial charge in [-0.2, -0.15) is 0 Å². The van der Waals surface area contributed by atoms with Gasteiger partial charge < -0.3 is 0 Å². The molecule has 0 N–H and O–H groups in total. The monoisotopic (exact) mass is 192 g/mol. The molecule has 0 amide bonds. The van der Waals surface area contributed by atoms with Crippen molar-refractivity contribution >= 4 is 0 Å². The zero-order valence-electron chi connectivity index (χ0n) is 9.71. The first-order valence-corrected chi connectivity index (χ1v) is 6.81. The average Bonchev–Trinajstić information content (AvgIpc) is 2.61. The second kappa shape index (κ2) is 3.25. The minimum atomic E-state index is 1.06. The van der Waals surface area contributed by atoms with Crippen LogP contribution in [0.15, 0.2) is 0 Å². The molecule has 0 aliphatic heterocycles. The molecule has 0 aromatic rings. The zero-order valence-corrected chi connectivity index (χ0v) is 9.71. The maximum absolute atomic E-state index is 2.52. The van der Waals surface area contributed by atoms with Crippen molar-refractivity contribution in [3.63, 3.8) is 0 Å². The molecule has 0 bridgehead atoms. The second-order valence-electron chi connectivity index (χ2n) is 6.25. The second-order valence-corrected chi connectivity index (χ2v) is 6.25. The lowest BCUT2D eigenvalue weighted by Crippen LogP contribution is -2.37. The van der Waals surface area contributed by atoms with Gasteiger partial charge in [0.2, 0.25) is 0 Å². The van der Waals surface area contributed by atoms with E-state index in [2.05, 4.69) is 13.8 Å². The first kappa shape index (κ1) is 9.24. The fourth-order valence-electron chi connectivity index (χ4n) is 5.14. The Morgan fingerprint density at radius 2 is 1.86 bits per heavy atom. The van der Waals surface area contributed by atoms with Crippen molar-refractivity contribution in [3.05, 3.63) is 0 Å². The van der Waals surface area contributed by atoms with Crippen LogP contribution in [0.5, 0.6) is 0 Å². The van der Waals surface area contributed by atoms with Gasteiger partial charge in [0.25, 0.3) is 0 Å². The van der Waals surface area contributed by atoms with Gasteiger partial charge in [0.15, 0.2) is 0 Å². The van der Waals surface area contributed by atoms with Gasteiger partial charge >= 0.3 is 0 Å². The van der Waals surface area contributed by atoms with Crippen molar-refractivity contribution in [2.45, 2.75) is 52.4 Å². The zero-order chi connectivity index (χ0) is 9.71. The number of fused-ring (bicyclic) bond motifs is 3. The van der Waals surface area contributed by atoms with E-state index >= 15 is 0 Å². The summed E-state index contributed by atoms with van der Waals surface area (Å²) in [5.41, 5.74) is 0. The molecule has 6 unspecified atom stereocenters. The van der Waals surface area contributed by atoms with Crippen LogP contribution in [-0.2, 0) is 0 Å². The molecule has 6 atom stereocenters. The Labute approximate surface area is 88.5 Å². The summed E-state index contributed by atoms with van der Waals surface area (Å²) in [6.07, 6.45) is 9.25. The van der Waals surface area contributed by atoms with Gasteiger partial charge in [-0.3, -0.25) is 0 Å². The summed E-state index contributed by atoms with van der Waals surface area (Å²) < 4.78 is 0. The van der Waals surface area contributed by atoms with Crippen molar-refractivity contribution in [1.29, 1.82) is 0 Å². The van der Waals surface area contributed by atoms with Crippen molar-refractivity contribution in [3.8, 4) is 0 Å². The van der Waals surface area contributed by atoms with Gasteiger partial charge in [-0.1, -0.05) is 33.1 Å². The van der Waals surface area contributed by atoms with Gasteiger partial charge in [0.1, 0.15) is 0 Å². The number of rotatable bonds is 2. The molecule has 14 heavy (non-hydrogen) atoms. The first-order chi connectivity index (χ1) is 6.81. The van der Waals surface area contributed by atoms with Gasteiger partial charge in [0.05, 0.1) is 0 Å². The van der Waals surface area contributed by atoms with E-state index in [1.165, 1.54) is 31.1 Å². The molecule has 3 aliphatic rings. The smallest absolute Gasteiger partial charge is 0.0324 e. The molecular weight excluding hydrogens is 168 g/mol. The molecule has 0 spiro atoms. The van der Waals surface area contributed by atoms with Crippen LogP contribution in [0.4, 0.5) is 0 Å². The van der Waals surface area contributed by atoms with E-state index in [1.807, 2.05) is 0 Å². The average molecular weight is 192 g/mol. The van der Waals surface area contributed by atoms with Crippen LogP contribution in [0.1, 0.15) is 52.4 Å². The highest BCUT2D eigenvalue weighted by molar-refractivity contribution is 5.05. The Balaban J connectivity index is 1.73. The highest BCUT2D eigenvalue weighted by Gasteiger charge is 2.56. The maximum Gasteiger partial charge on any atom is -0.0324 e. The quantitative estimate of drug-likeness (QED) is 0.618. The predicted octanol–water partition coefficient (Wildman–Crippen LogP) is 4.10. The first-order valence-electron chi connectivity index (χ1n) is 6.81. The Morgan fingerprint density at radius 3 is 2.64 bits per heavy atom. The molecule has 0 saturated heterocycles. The van der Waals surface area contributed by atoms with Gasteiger partial charge in [-0.15, -0.1) is 0 Å². The summed E-state index contributed by atoms with van der Waals surface area (Å²) in [7, 11) is 0. The molecule has 0 nitrogen and oxygen atoms in total. The summed E-state index contributed by atoms with van der Waals surface area (Å²) in [6.45, 7) is 4.88. The minimum Gasteiger partial charge on any atom is -0.0654 e. The lowest BCUT2D eigenvalue weighted by atomic mass is 9.61. The van der Waals surface area contributed by atoms with Gasteiger partial charge in [0, 0.05) is 0 Å². The van der Waals surface area contributed by atoms with E-state index in [4.69, 9.17) is 0 Å². The molecule has 3 rings (SSSR count). The molecule has 0 heterocycles. The normalized spacial score (nSPS) is 55.3. The van der Waals surface area contributed by atoms with Crippen molar-refractivity contribution in [1.82, 2.24) is 0 Å². The lowest BCUT2D eigenvalue weighted by Gasteiger charge is -2.44. The fraction of sp³-hybridized carbons (Fsp3) is 1.00.